The van der Waals surface area contributed by atoms with Crippen LogP contribution in [0.2, 0.25) is 0 Å². The standard InChI is InChI=1S/C14H15FN2S/c1-14(2)9-11(16-13(18)17-14)8-7-10-5-3-4-6-12(10)15/h3-9H,1-2H3,(H2,16,17,18)/b8-7+. The Kier molecular flexibility index (Phi) is 3.48. The Balaban J connectivity index is 2.22. The number of benzene rings is 1. The molecule has 4 heteroatoms. The van der Waals surface area contributed by atoms with Crippen molar-refractivity contribution in [1.29, 1.82) is 0 Å². The Hall–Kier alpha value is -1.68. The van der Waals surface area contributed by atoms with E-state index in [4.69, 9.17) is 12.2 Å². The molecule has 2 rings (SSSR count). The largest absolute Gasteiger partial charge is 0.354 e. The zero-order chi connectivity index (χ0) is 13.2. The summed E-state index contributed by atoms with van der Waals surface area (Å²) in [5.41, 5.74) is 1.23. The smallest absolute Gasteiger partial charge is 0.171 e. The molecule has 1 aromatic rings. The molecule has 0 saturated heterocycles. The van der Waals surface area contributed by atoms with Gasteiger partial charge in [-0.05, 0) is 50.4 Å². The molecular formula is C14H15FN2S. The normalized spacial score (nSPS) is 18.2. The van der Waals surface area contributed by atoms with Crippen molar-refractivity contribution in [3.63, 3.8) is 0 Å². The van der Waals surface area contributed by atoms with Gasteiger partial charge in [-0.1, -0.05) is 18.2 Å². The van der Waals surface area contributed by atoms with Crippen molar-refractivity contribution in [2.24, 2.45) is 0 Å². The minimum absolute atomic E-state index is 0.197. The van der Waals surface area contributed by atoms with E-state index in [-0.39, 0.29) is 11.4 Å². The molecular weight excluding hydrogens is 247 g/mol. The fourth-order valence-corrected chi connectivity index (χ4v) is 2.18. The minimum atomic E-state index is -0.231. The molecule has 0 spiro atoms. The van der Waals surface area contributed by atoms with Crippen LogP contribution >= 0.6 is 12.2 Å². The Morgan fingerprint density at radius 2 is 1.94 bits per heavy atom. The molecule has 0 aliphatic carbocycles. The number of hydrogen-bond donors (Lipinski definition) is 2. The van der Waals surface area contributed by atoms with Crippen molar-refractivity contribution in [1.82, 2.24) is 10.6 Å². The second kappa shape index (κ2) is 4.90. The molecule has 0 radical (unpaired) electrons. The van der Waals surface area contributed by atoms with E-state index in [1.54, 1.807) is 18.2 Å². The zero-order valence-electron chi connectivity index (χ0n) is 10.3. The van der Waals surface area contributed by atoms with Gasteiger partial charge in [-0.2, -0.15) is 0 Å². The molecule has 0 unspecified atom stereocenters. The Morgan fingerprint density at radius 1 is 1.22 bits per heavy atom. The van der Waals surface area contributed by atoms with Gasteiger partial charge in [0.25, 0.3) is 0 Å². The van der Waals surface area contributed by atoms with Crippen molar-refractivity contribution in [2.45, 2.75) is 19.4 Å². The number of thiocarbonyl (C=S) groups is 1. The third-order valence-corrected chi connectivity index (χ3v) is 2.76. The summed E-state index contributed by atoms with van der Waals surface area (Å²) in [5.74, 6) is -0.231. The van der Waals surface area contributed by atoms with Gasteiger partial charge in [0.05, 0.1) is 5.54 Å². The van der Waals surface area contributed by atoms with Crippen molar-refractivity contribution >= 4 is 23.4 Å². The highest BCUT2D eigenvalue weighted by molar-refractivity contribution is 7.80. The first-order chi connectivity index (χ1) is 8.46. The Labute approximate surface area is 112 Å². The van der Waals surface area contributed by atoms with Crippen LogP contribution in [-0.2, 0) is 0 Å². The molecule has 1 heterocycles. The minimum Gasteiger partial charge on any atom is -0.354 e. The van der Waals surface area contributed by atoms with E-state index < -0.39 is 0 Å². The van der Waals surface area contributed by atoms with Crippen molar-refractivity contribution in [2.75, 3.05) is 0 Å². The molecule has 1 aliphatic rings. The first kappa shape index (κ1) is 12.8. The van der Waals surface area contributed by atoms with E-state index in [2.05, 4.69) is 10.6 Å². The van der Waals surface area contributed by atoms with E-state index in [0.29, 0.717) is 10.7 Å². The summed E-state index contributed by atoms with van der Waals surface area (Å²) in [6.45, 7) is 4.05. The molecule has 2 nitrogen and oxygen atoms in total. The van der Waals surface area contributed by atoms with Crippen LogP contribution in [0.25, 0.3) is 6.08 Å². The monoisotopic (exact) mass is 262 g/mol. The van der Waals surface area contributed by atoms with Gasteiger partial charge in [-0.3, -0.25) is 0 Å². The third-order valence-electron chi connectivity index (χ3n) is 2.56. The van der Waals surface area contributed by atoms with E-state index in [1.807, 2.05) is 32.1 Å². The van der Waals surface area contributed by atoms with Crippen LogP contribution in [0.1, 0.15) is 19.4 Å². The quantitative estimate of drug-likeness (QED) is 0.801. The lowest BCUT2D eigenvalue weighted by Gasteiger charge is -2.30. The fourth-order valence-electron chi connectivity index (χ4n) is 1.80. The summed E-state index contributed by atoms with van der Waals surface area (Å²) in [6, 6.07) is 6.66. The average molecular weight is 262 g/mol. The molecule has 0 bridgehead atoms. The predicted molar refractivity (Wildman–Crippen MR) is 76.5 cm³/mol. The predicted octanol–water partition coefficient (Wildman–Crippen LogP) is 2.98. The molecule has 0 saturated carbocycles. The summed E-state index contributed by atoms with van der Waals surface area (Å²) in [7, 11) is 0. The number of rotatable bonds is 2. The van der Waals surface area contributed by atoms with Gasteiger partial charge in [0, 0.05) is 11.3 Å². The second-order valence-electron chi connectivity index (χ2n) is 4.76. The second-order valence-corrected chi connectivity index (χ2v) is 5.16. The van der Waals surface area contributed by atoms with Crippen LogP contribution in [-0.4, -0.2) is 10.7 Å². The number of halogens is 1. The summed E-state index contributed by atoms with van der Waals surface area (Å²) < 4.78 is 13.4. The van der Waals surface area contributed by atoms with E-state index in [1.165, 1.54) is 6.07 Å². The lowest BCUT2D eigenvalue weighted by molar-refractivity contribution is 0.555. The molecule has 1 aromatic carbocycles. The molecule has 18 heavy (non-hydrogen) atoms. The SMILES string of the molecule is CC1(C)C=C(/C=C/c2ccccc2F)NC(=S)N1. The number of allylic oxidation sites excluding steroid dienone is 1. The van der Waals surface area contributed by atoms with Gasteiger partial charge in [0.1, 0.15) is 5.82 Å². The van der Waals surface area contributed by atoms with Crippen molar-refractivity contribution in [3.8, 4) is 0 Å². The molecule has 1 aliphatic heterocycles. The highest BCUT2D eigenvalue weighted by atomic mass is 32.1. The maximum atomic E-state index is 13.4. The van der Waals surface area contributed by atoms with Gasteiger partial charge in [-0.25, -0.2) is 4.39 Å². The van der Waals surface area contributed by atoms with E-state index in [0.717, 1.165) is 5.70 Å². The summed E-state index contributed by atoms with van der Waals surface area (Å²) in [6.07, 6.45) is 5.58. The van der Waals surface area contributed by atoms with Crippen LogP contribution < -0.4 is 10.6 Å². The van der Waals surface area contributed by atoms with Gasteiger partial charge >= 0.3 is 0 Å². The maximum Gasteiger partial charge on any atom is 0.171 e. The van der Waals surface area contributed by atoms with Gasteiger partial charge in [0.2, 0.25) is 0 Å². The first-order valence-corrected chi connectivity index (χ1v) is 6.12. The molecule has 0 amide bonds. The fraction of sp³-hybridized carbons (Fsp3) is 0.214. The number of hydrogen-bond acceptors (Lipinski definition) is 1. The summed E-state index contributed by atoms with van der Waals surface area (Å²) >= 11 is 5.12. The topological polar surface area (TPSA) is 24.1 Å². The average Bonchev–Trinajstić information content (AvgIpc) is 2.25. The van der Waals surface area contributed by atoms with Crippen molar-refractivity contribution < 1.29 is 4.39 Å². The van der Waals surface area contributed by atoms with Gasteiger partial charge in [0.15, 0.2) is 5.11 Å². The van der Waals surface area contributed by atoms with Crippen LogP contribution in [0.3, 0.4) is 0 Å². The third kappa shape index (κ3) is 3.17. The van der Waals surface area contributed by atoms with E-state index >= 15 is 0 Å². The maximum absolute atomic E-state index is 13.4. The van der Waals surface area contributed by atoms with Gasteiger partial charge < -0.3 is 10.6 Å². The molecule has 0 fully saturated rings. The summed E-state index contributed by atoms with van der Waals surface area (Å²) in [5, 5.41) is 6.74. The van der Waals surface area contributed by atoms with Crippen LogP contribution in [0.4, 0.5) is 4.39 Å². The zero-order valence-corrected chi connectivity index (χ0v) is 11.1. The van der Waals surface area contributed by atoms with Crippen LogP contribution in [0, 0.1) is 5.82 Å². The van der Waals surface area contributed by atoms with Crippen LogP contribution in [0.15, 0.2) is 42.1 Å². The molecule has 0 aromatic heterocycles. The summed E-state index contributed by atoms with van der Waals surface area (Å²) in [4.78, 5) is 0. The van der Waals surface area contributed by atoms with Crippen LogP contribution in [0.5, 0.6) is 0 Å². The highest BCUT2D eigenvalue weighted by Crippen LogP contribution is 2.14. The lowest BCUT2D eigenvalue weighted by Crippen LogP contribution is -2.51. The number of nitrogens with one attached hydrogen (secondary N) is 2. The molecule has 2 N–H and O–H groups in total. The van der Waals surface area contributed by atoms with Crippen molar-refractivity contribution in [3.05, 3.63) is 53.5 Å². The lowest BCUT2D eigenvalue weighted by atomic mass is 10.0. The Morgan fingerprint density at radius 3 is 2.61 bits per heavy atom. The molecule has 94 valence electrons. The first-order valence-electron chi connectivity index (χ1n) is 5.71. The van der Waals surface area contributed by atoms with Gasteiger partial charge in [-0.15, -0.1) is 0 Å². The Bertz CT molecular complexity index is 532. The highest BCUT2D eigenvalue weighted by Gasteiger charge is 2.20. The van der Waals surface area contributed by atoms with E-state index in [9.17, 15) is 4.39 Å². The molecule has 0 atom stereocenters.